The van der Waals surface area contributed by atoms with E-state index in [1.54, 1.807) is 55.6 Å². The molecule has 0 unspecified atom stereocenters. The number of aromatic nitrogens is 1. The molecule has 3 rings (SSSR count). The summed E-state index contributed by atoms with van der Waals surface area (Å²) in [6, 6.07) is 15.0. The number of pyridine rings is 1. The molecule has 0 bridgehead atoms. The second kappa shape index (κ2) is 10.1. The van der Waals surface area contributed by atoms with Gasteiger partial charge in [-0.3, -0.25) is 10.1 Å². The average molecular weight is 458 g/mol. The zero-order chi connectivity index (χ0) is 23.1. The van der Waals surface area contributed by atoms with E-state index in [2.05, 4.69) is 15.0 Å². The van der Waals surface area contributed by atoms with E-state index in [9.17, 15) is 18.5 Å². The summed E-state index contributed by atoms with van der Waals surface area (Å²) in [4.78, 5) is 14.5. The second-order valence-electron chi connectivity index (χ2n) is 6.67. The van der Waals surface area contributed by atoms with Crippen molar-refractivity contribution in [1.29, 1.82) is 0 Å². The number of nitrogens with zero attached hydrogens (tertiary/aromatic N) is 2. The smallest absolute Gasteiger partial charge is 0.312 e. The van der Waals surface area contributed by atoms with E-state index in [0.717, 1.165) is 17.8 Å². The summed E-state index contributed by atoms with van der Waals surface area (Å²) < 4.78 is 37.8. The van der Waals surface area contributed by atoms with Gasteiger partial charge in [0.2, 0.25) is 15.8 Å². The number of ether oxygens (including phenoxy) is 2. The zero-order valence-corrected chi connectivity index (χ0v) is 18.3. The van der Waals surface area contributed by atoms with Gasteiger partial charge in [-0.25, -0.2) is 18.1 Å². The Hall–Kier alpha value is -3.70. The van der Waals surface area contributed by atoms with E-state index >= 15 is 0 Å². The van der Waals surface area contributed by atoms with Crippen molar-refractivity contribution in [3.8, 4) is 11.5 Å². The van der Waals surface area contributed by atoms with Crippen LogP contribution < -0.4 is 19.5 Å². The Morgan fingerprint density at radius 1 is 0.938 bits per heavy atom. The largest absolute Gasteiger partial charge is 0.497 e. The van der Waals surface area contributed by atoms with Crippen LogP contribution in [0.25, 0.3) is 0 Å². The Balaban J connectivity index is 1.73. The topological polar surface area (TPSA) is 133 Å². The van der Waals surface area contributed by atoms with Crippen molar-refractivity contribution < 1.29 is 22.8 Å². The molecule has 0 radical (unpaired) electrons. The summed E-state index contributed by atoms with van der Waals surface area (Å²) in [5.74, 6) is 1.31. The van der Waals surface area contributed by atoms with Crippen LogP contribution in [0.1, 0.15) is 11.1 Å². The van der Waals surface area contributed by atoms with Crippen LogP contribution >= 0.6 is 0 Å². The van der Waals surface area contributed by atoms with Gasteiger partial charge in [-0.15, -0.1) is 0 Å². The summed E-state index contributed by atoms with van der Waals surface area (Å²) in [6.07, 6.45) is 1.08. The standard InChI is InChI=1S/C21H22N4O6S/c1-30-17-7-3-15(4-8-17)12-22-21-20(25(26)27)11-19(14-23-21)32(28,29)24-13-16-5-9-18(31-2)10-6-16/h3-11,14,24H,12-13H2,1-2H3,(H,22,23). The van der Waals surface area contributed by atoms with Crippen LogP contribution in [-0.2, 0) is 23.1 Å². The van der Waals surface area contributed by atoms with Gasteiger partial charge < -0.3 is 14.8 Å². The molecule has 0 aliphatic carbocycles. The Morgan fingerprint density at radius 3 is 1.97 bits per heavy atom. The predicted octanol–water partition coefficient (Wildman–Crippen LogP) is 3.10. The lowest BCUT2D eigenvalue weighted by atomic mass is 10.2. The van der Waals surface area contributed by atoms with Gasteiger partial charge in [-0.1, -0.05) is 24.3 Å². The maximum Gasteiger partial charge on any atom is 0.312 e. The van der Waals surface area contributed by atoms with Crippen LogP contribution in [0.5, 0.6) is 11.5 Å². The minimum Gasteiger partial charge on any atom is -0.497 e. The van der Waals surface area contributed by atoms with E-state index in [1.807, 2.05) is 0 Å². The van der Waals surface area contributed by atoms with Crippen molar-refractivity contribution in [2.45, 2.75) is 18.0 Å². The fourth-order valence-corrected chi connectivity index (χ4v) is 3.77. The van der Waals surface area contributed by atoms with Gasteiger partial charge in [-0.05, 0) is 35.4 Å². The number of hydrogen-bond donors (Lipinski definition) is 2. The summed E-state index contributed by atoms with van der Waals surface area (Å²) in [7, 11) is -0.919. The van der Waals surface area contributed by atoms with Crippen molar-refractivity contribution in [2.75, 3.05) is 19.5 Å². The summed E-state index contributed by atoms with van der Waals surface area (Å²) >= 11 is 0. The highest BCUT2D eigenvalue weighted by Crippen LogP contribution is 2.26. The van der Waals surface area contributed by atoms with Crippen molar-refractivity contribution in [2.24, 2.45) is 0 Å². The van der Waals surface area contributed by atoms with E-state index < -0.39 is 20.6 Å². The number of nitro groups is 1. The predicted molar refractivity (Wildman–Crippen MR) is 118 cm³/mol. The molecule has 0 fully saturated rings. The van der Waals surface area contributed by atoms with Gasteiger partial charge in [0.15, 0.2) is 0 Å². The minimum absolute atomic E-state index is 0.0115. The third kappa shape index (κ3) is 5.71. The van der Waals surface area contributed by atoms with Crippen molar-refractivity contribution in [1.82, 2.24) is 9.71 Å². The molecule has 11 heteroatoms. The third-order valence-corrected chi connectivity index (χ3v) is 5.96. The molecule has 0 amide bonds. The molecule has 0 aliphatic rings. The van der Waals surface area contributed by atoms with Crippen molar-refractivity contribution in [3.05, 3.63) is 82.0 Å². The normalized spacial score (nSPS) is 11.1. The first-order chi connectivity index (χ1) is 15.3. The molecule has 168 valence electrons. The molecule has 0 spiro atoms. The Kier molecular flexibility index (Phi) is 7.23. The average Bonchev–Trinajstić information content (AvgIpc) is 2.82. The summed E-state index contributed by atoms with van der Waals surface area (Å²) in [5.41, 5.74) is 1.11. The fraction of sp³-hybridized carbons (Fsp3) is 0.190. The first kappa shape index (κ1) is 23.0. The van der Waals surface area contributed by atoms with Crippen LogP contribution in [0.3, 0.4) is 0 Å². The number of sulfonamides is 1. The SMILES string of the molecule is COc1ccc(CNc2ncc(S(=O)(=O)NCc3ccc(OC)cc3)cc2[N+](=O)[O-])cc1. The molecular formula is C21H22N4O6S. The Bertz CT molecular complexity index is 1180. The van der Waals surface area contributed by atoms with Gasteiger partial charge >= 0.3 is 5.69 Å². The molecule has 0 aliphatic heterocycles. The number of methoxy groups -OCH3 is 2. The van der Waals surface area contributed by atoms with Gasteiger partial charge in [0, 0.05) is 25.4 Å². The first-order valence-corrected chi connectivity index (χ1v) is 10.9. The fourth-order valence-electron chi connectivity index (χ4n) is 2.79. The zero-order valence-electron chi connectivity index (χ0n) is 17.4. The number of benzene rings is 2. The maximum absolute atomic E-state index is 12.6. The van der Waals surface area contributed by atoms with E-state index in [0.29, 0.717) is 17.1 Å². The molecule has 3 aromatic rings. The number of anilines is 1. The van der Waals surface area contributed by atoms with Crippen LogP contribution in [0.4, 0.5) is 11.5 Å². The highest BCUT2D eigenvalue weighted by molar-refractivity contribution is 7.89. The molecule has 10 nitrogen and oxygen atoms in total. The van der Waals surface area contributed by atoms with Gasteiger partial charge in [0.25, 0.3) is 0 Å². The monoisotopic (exact) mass is 458 g/mol. The van der Waals surface area contributed by atoms with Crippen LogP contribution in [0.15, 0.2) is 65.7 Å². The van der Waals surface area contributed by atoms with E-state index in [4.69, 9.17) is 9.47 Å². The maximum atomic E-state index is 12.6. The quantitative estimate of drug-likeness (QED) is 0.350. The Labute approximate surface area is 185 Å². The second-order valence-corrected chi connectivity index (χ2v) is 8.44. The highest BCUT2D eigenvalue weighted by atomic mass is 32.2. The Morgan fingerprint density at radius 2 is 1.47 bits per heavy atom. The minimum atomic E-state index is -4.01. The summed E-state index contributed by atoms with van der Waals surface area (Å²) in [6.45, 7) is 0.275. The molecule has 0 saturated heterocycles. The molecule has 2 aromatic carbocycles. The van der Waals surface area contributed by atoms with Gasteiger partial charge in [-0.2, -0.15) is 0 Å². The molecule has 1 heterocycles. The lowest BCUT2D eigenvalue weighted by molar-refractivity contribution is -0.384. The number of hydrogen-bond acceptors (Lipinski definition) is 8. The molecular weight excluding hydrogens is 436 g/mol. The van der Waals surface area contributed by atoms with Crippen molar-refractivity contribution >= 4 is 21.5 Å². The lowest BCUT2D eigenvalue weighted by Crippen LogP contribution is -2.23. The van der Waals surface area contributed by atoms with Crippen LogP contribution in [0.2, 0.25) is 0 Å². The third-order valence-electron chi connectivity index (χ3n) is 4.59. The number of rotatable bonds is 10. The molecule has 0 saturated carbocycles. The molecule has 2 N–H and O–H groups in total. The lowest BCUT2D eigenvalue weighted by Gasteiger charge is -2.10. The molecule has 32 heavy (non-hydrogen) atoms. The van der Waals surface area contributed by atoms with Crippen LogP contribution in [-0.4, -0.2) is 32.5 Å². The van der Waals surface area contributed by atoms with E-state index in [-0.39, 0.29) is 23.8 Å². The van der Waals surface area contributed by atoms with Gasteiger partial charge in [0.1, 0.15) is 16.4 Å². The highest BCUT2D eigenvalue weighted by Gasteiger charge is 2.22. The first-order valence-electron chi connectivity index (χ1n) is 9.46. The van der Waals surface area contributed by atoms with Crippen molar-refractivity contribution in [3.63, 3.8) is 0 Å². The summed E-state index contributed by atoms with van der Waals surface area (Å²) in [5, 5.41) is 14.4. The molecule has 0 atom stereocenters. The van der Waals surface area contributed by atoms with E-state index in [1.165, 1.54) is 7.11 Å². The molecule has 1 aromatic heterocycles. The van der Waals surface area contributed by atoms with Crippen LogP contribution in [0, 0.1) is 10.1 Å². The number of nitrogens with one attached hydrogen (secondary N) is 2. The van der Waals surface area contributed by atoms with Gasteiger partial charge in [0.05, 0.1) is 19.1 Å².